The third-order valence-corrected chi connectivity index (χ3v) is 5.21. The van der Waals surface area contributed by atoms with Crippen LogP contribution in [-0.4, -0.2) is 0 Å². The van der Waals surface area contributed by atoms with Crippen LogP contribution in [0, 0.1) is 20.8 Å². The van der Waals surface area contributed by atoms with Crippen molar-refractivity contribution < 1.29 is 26.2 Å². The van der Waals surface area contributed by atoms with Crippen LogP contribution in [0.15, 0.2) is 134 Å². The predicted octanol–water partition coefficient (Wildman–Crippen LogP) is 8.68. The van der Waals surface area contributed by atoms with Crippen molar-refractivity contribution in [3.63, 3.8) is 0 Å². The van der Waals surface area contributed by atoms with Gasteiger partial charge in [0.15, 0.2) is 0 Å². The van der Waals surface area contributed by atoms with Crippen LogP contribution in [0.1, 0.15) is 34.0 Å². The molecule has 5 rings (SSSR count). The van der Waals surface area contributed by atoms with E-state index >= 15 is 0 Å². The molecule has 1 aromatic heterocycles. The molecule has 1 heterocycles. The summed E-state index contributed by atoms with van der Waals surface area (Å²) in [5.41, 5.74) is 6.70. The van der Waals surface area contributed by atoms with Crippen molar-refractivity contribution in [1.29, 1.82) is 0 Å². The standard InChI is InChI=1S/C19H18N2.2C7H7.Zr/c1-15-9-11-17(12-10-15)21-19(18-8-5-13-20-18)14-16-6-3-2-4-7-16;2*1-7-5-3-2-4-6-7;/h2-13,19H,14H2,1H3;2*2-6H,1H2;/q-2;2*-1;+4. The zero-order chi connectivity index (χ0) is 24.7. The van der Waals surface area contributed by atoms with Crippen molar-refractivity contribution in [1.82, 2.24) is 4.98 Å². The Morgan fingerprint density at radius 2 is 1.14 bits per heavy atom. The Morgan fingerprint density at radius 3 is 1.56 bits per heavy atom. The molecular weight excluding hydrogens is 516 g/mol. The van der Waals surface area contributed by atoms with E-state index in [0.29, 0.717) is 0 Å². The number of hydrogen-bond donors (Lipinski definition) is 0. The zero-order valence-corrected chi connectivity index (χ0v) is 23.3. The Hall–Kier alpha value is -3.42. The maximum Gasteiger partial charge on any atom is 4.00 e. The summed E-state index contributed by atoms with van der Waals surface area (Å²) < 4.78 is 0. The molecule has 0 spiro atoms. The summed E-state index contributed by atoms with van der Waals surface area (Å²) in [6, 6.07) is 42.6. The van der Waals surface area contributed by atoms with Crippen LogP contribution in [0.4, 0.5) is 5.69 Å². The van der Waals surface area contributed by atoms with Crippen LogP contribution < -0.4 is 4.98 Å². The average Bonchev–Trinajstić information content (AvgIpc) is 3.43. The Labute approximate surface area is 236 Å². The molecule has 0 aliphatic rings. The van der Waals surface area contributed by atoms with Gasteiger partial charge in [-0.15, -0.1) is 36.0 Å². The summed E-state index contributed by atoms with van der Waals surface area (Å²) in [7, 11) is 0. The number of rotatable bonds is 5. The predicted molar refractivity (Wildman–Crippen MR) is 149 cm³/mol. The topological polar surface area (TPSA) is 28.2 Å². The second kappa shape index (κ2) is 16.3. The Kier molecular flexibility index (Phi) is 13.0. The Bertz CT molecular complexity index is 1150. The normalized spacial score (nSPS) is 10.4. The maximum absolute atomic E-state index is 4.87. The van der Waals surface area contributed by atoms with Crippen LogP contribution >= 0.6 is 0 Å². The minimum absolute atomic E-state index is 0. The van der Waals surface area contributed by atoms with E-state index in [-0.39, 0.29) is 32.2 Å². The van der Waals surface area contributed by atoms with E-state index < -0.39 is 0 Å². The number of nitrogens with zero attached hydrogens (tertiary/aromatic N) is 2. The summed E-state index contributed by atoms with van der Waals surface area (Å²) in [4.78, 5) is 4.43. The average molecular weight is 548 g/mol. The van der Waals surface area contributed by atoms with E-state index in [1.807, 2.05) is 85.1 Å². The van der Waals surface area contributed by atoms with Crippen molar-refractivity contribution in [2.24, 2.45) is 0 Å². The number of aryl methyl sites for hydroxylation is 1. The molecule has 0 radical (unpaired) electrons. The van der Waals surface area contributed by atoms with Gasteiger partial charge in [0.05, 0.1) is 0 Å². The molecule has 0 aliphatic carbocycles. The van der Waals surface area contributed by atoms with E-state index in [9.17, 15) is 0 Å². The van der Waals surface area contributed by atoms with Crippen LogP contribution in [0.25, 0.3) is 5.32 Å². The van der Waals surface area contributed by atoms with E-state index in [2.05, 4.69) is 74.3 Å². The molecule has 5 aromatic rings. The SMILES string of the molecule is Cc1ccc([N-]C(Cc2ccccc2)c2ccc[n-]2)cc1.[CH2-]c1ccccc1.[CH2-]c1ccccc1.[Zr+4]. The van der Waals surface area contributed by atoms with Gasteiger partial charge in [0.1, 0.15) is 0 Å². The number of aromatic nitrogens is 1. The smallest absolute Gasteiger partial charge is 0.679 e. The number of hydrogen-bond acceptors (Lipinski definition) is 0. The molecule has 0 amide bonds. The van der Waals surface area contributed by atoms with Crippen molar-refractivity contribution in [2.75, 3.05) is 0 Å². The maximum atomic E-state index is 4.87. The molecule has 36 heavy (non-hydrogen) atoms. The van der Waals surface area contributed by atoms with E-state index in [1.165, 1.54) is 11.1 Å². The molecule has 0 saturated heterocycles. The van der Waals surface area contributed by atoms with Gasteiger partial charge in [0.25, 0.3) is 0 Å². The monoisotopic (exact) mass is 546 g/mol. The van der Waals surface area contributed by atoms with Gasteiger partial charge >= 0.3 is 26.2 Å². The molecule has 4 aromatic carbocycles. The van der Waals surface area contributed by atoms with E-state index in [1.54, 1.807) is 0 Å². The molecule has 0 aliphatic heterocycles. The van der Waals surface area contributed by atoms with Crippen LogP contribution in [0.2, 0.25) is 0 Å². The summed E-state index contributed by atoms with van der Waals surface area (Å²) in [6.45, 7) is 9.53. The second-order valence-electron chi connectivity index (χ2n) is 8.20. The molecule has 1 atom stereocenters. The van der Waals surface area contributed by atoms with Gasteiger partial charge in [0.2, 0.25) is 0 Å². The number of benzene rings is 4. The molecule has 0 fully saturated rings. The van der Waals surface area contributed by atoms with Crippen molar-refractivity contribution >= 4 is 5.69 Å². The molecule has 0 bridgehead atoms. The molecule has 178 valence electrons. The van der Waals surface area contributed by atoms with E-state index in [4.69, 9.17) is 5.32 Å². The molecule has 0 N–H and O–H groups in total. The van der Waals surface area contributed by atoms with E-state index in [0.717, 1.165) is 28.9 Å². The van der Waals surface area contributed by atoms with Gasteiger partial charge in [-0.2, -0.15) is 61.1 Å². The van der Waals surface area contributed by atoms with Gasteiger partial charge in [0, 0.05) is 0 Å². The summed E-state index contributed by atoms with van der Waals surface area (Å²) in [6.07, 6.45) is 2.70. The zero-order valence-electron chi connectivity index (χ0n) is 20.8. The molecule has 2 nitrogen and oxygen atoms in total. The van der Waals surface area contributed by atoms with Crippen LogP contribution in [-0.2, 0) is 32.6 Å². The fourth-order valence-corrected chi connectivity index (χ4v) is 3.33. The summed E-state index contributed by atoms with van der Waals surface area (Å²) in [5, 5.41) is 4.87. The van der Waals surface area contributed by atoms with Crippen LogP contribution in [0.5, 0.6) is 0 Å². The van der Waals surface area contributed by atoms with Crippen molar-refractivity contribution in [3.8, 4) is 0 Å². The summed E-state index contributed by atoms with van der Waals surface area (Å²) in [5.74, 6) is 0. The Balaban J connectivity index is 0.000000249. The minimum atomic E-state index is 0. The van der Waals surface area contributed by atoms with Crippen molar-refractivity contribution in [2.45, 2.75) is 19.4 Å². The quantitative estimate of drug-likeness (QED) is 0.202. The summed E-state index contributed by atoms with van der Waals surface area (Å²) >= 11 is 0. The molecule has 0 saturated carbocycles. The van der Waals surface area contributed by atoms with Crippen LogP contribution in [0.3, 0.4) is 0 Å². The second-order valence-corrected chi connectivity index (χ2v) is 8.20. The first-order valence-corrected chi connectivity index (χ1v) is 11.7. The fourth-order valence-electron chi connectivity index (χ4n) is 3.33. The fraction of sp³-hybridized carbons (Fsp3) is 0.0909. The van der Waals surface area contributed by atoms with Crippen molar-refractivity contribution in [3.05, 3.63) is 181 Å². The third kappa shape index (κ3) is 10.9. The van der Waals surface area contributed by atoms with Gasteiger partial charge < -0.3 is 10.3 Å². The molecule has 3 heteroatoms. The van der Waals surface area contributed by atoms with Gasteiger partial charge in [-0.3, -0.25) is 0 Å². The Morgan fingerprint density at radius 1 is 0.639 bits per heavy atom. The largest absolute Gasteiger partial charge is 4.00 e. The first kappa shape index (κ1) is 28.8. The third-order valence-electron chi connectivity index (χ3n) is 5.21. The molecule has 1 unspecified atom stereocenters. The molecular formula is C33H32N2Zr. The van der Waals surface area contributed by atoms with Gasteiger partial charge in [-0.05, 0) is 18.9 Å². The first-order valence-electron chi connectivity index (χ1n) is 11.7. The van der Waals surface area contributed by atoms with Gasteiger partial charge in [-0.1, -0.05) is 84.4 Å². The minimum Gasteiger partial charge on any atom is -0.679 e. The first-order chi connectivity index (χ1) is 17.1. The van der Waals surface area contributed by atoms with Gasteiger partial charge in [-0.25, -0.2) is 0 Å².